The molecule has 1 aromatic heterocycles. The van der Waals surface area contributed by atoms with Gasteiger partial charge in [0.25, 0.3) is 0 Å². The van der Waals surface area contributed by atoms with Gasteiger partial charge in [0, 0.05) is 0 Å². The summed E-state index contributed by atoms with van der Waals surface area (Å²) in [5.74, 6) is 0. The summed E-state index contributed by atoms with van der Waals surface area (Å²) in [7, 11) is -3.54. The van der Waals surface area contributed by atoms with Crippen LogP contribution in [0.2, 0.25) is 0 Å². The zero-order chi connectivity index (χ0) is 32.5. The SMILES string of the molecule is N#Cc1cc(-c2ccc(-n3c4ccccc4c4ccccc43)cc2)cc(C#N)c1[SiH-](c1ccccc1)(c1ccccc1)c1ccccc1. The molecule has 0 aliphatic carbocycles. The first-order chi connectivity index (χ1) is 23.7. The van der Waals surface area contributed by atoms with E-state index in [0.717, 1.165) is 48.6 Å². The summed E-state index contributed by atoms with van der Waals surface area (Å²) in [6.45, 7) is 0. The van der Waals surface area contributed by atoms with Crippen LogP contribution in [0.25, 0.3) is 38.6 Å². The Kier molecular flexibility index (Phi) is 7.27. The fourth-order valence-electron chi connectivity index (χ4n) is 7.78. The average molecular weight is 629 g/mol. The van der Waals surface area contributed by atoms with Gasteiger partial charge in [-0.2, -0.15) is 0 Å². The number of aromatic nitrogens is 1. The van der Waals surface area contributed by atoms with E-state index in [1.807, 2.05) is 30.3 Å². The van der Waals surface area contributed by atoms with Crippen LogP contribution < -0.4 is 20.7 Å². The summed E-state index contributed by atoms with van der Waals surface area (Å²) in [4.78, 5) is 0. The summed E-state index contributed by atoms with van der Waals surface area (Å²) >= 11 is 0. The molecule has 0 unspecified atom stereocenters. The van der Waals surface area contributed by atoms with Crippen molar-refractivity contribution in [3.63, 3.8) is 0 Å². The monoisotopic (exact) mass is 628 g/mol. The molecule has 0 N–H and O–H groups in total. The van der Waals surface area contributed by atoms with Crippen LogP contribution in [-0.4, -0.2) is 12.6 Å². The van der Waals surface area contributed by atoms with Crippen molar-refractivity contribution in [2.45, 2.75) is 0 Å². The third kappa shape index (κ3) is 4.55. The van der Waals surface area contributed by atoms with Gasteiger partial charge in [-0.15, -0.1) is 0 Å². The Morgan fingerprint density at radius 1 is 0.417 bits per heavy atom. The molecule has 0 aliphatic rings. The Morgan fingerprint density at radius 2 is 0.812 bits per heavy atom. The van der Waals surface area contributed by atoms with Crippen LogP contribution in [0.4, 0.5) is 0 Å². The zero-order valence-corrected chi connectivity index (χ0v) is 27.3. The Labute approximate surface area is 280 Å². The van der Waals surface area contributed by atoms with Crippen molar-refractivity contribution in [3.05, 3.63) is 187 Å². The molecule has 226 valence electrons. The summed E-state index contributed by atoms with van der Waals surface area (Å²) in [6.07, 6.45) is 0. The summed E-state index contributed by atoms with van der Waals surface area (Å²) in [6, 6.07) is 65.8. The molecule has 1 heterocycles. The van der Waals surface area contributed by atoms with Crippen LogP contribution >= 0.6 is 0 Å². The Balaban J connectivity index is 1.34. The minimum atomic E-state index is -3.54. The maximum absolute atomic E-state index is 10.8. The van der Waals surface area contributed by atoms with E-state index in [0.29, 0.717) is 11.1 Å². The third-order valence-corrected chi connectivity index (χ3v) is 15.4. The number of para-hydroxylation sites is 2. The molecule has 0 atom stereocenters. The fourth-order valence-corrected chi connectivity index (χ4v) is 13.6. The molecule has 0 fully saturated rings. The first-order valence-electron chi connectivity index (χ1n) is 16.1. The summed E-state index contributed by atoms with van der Waals surface area (Å²) < 4.78 is 2.29. The van der Waals surface area contributed by atoms with E-state index in [1.54, 1.807) is 0 Å². The van der Waals surface area contributed by atoms with Crippen molar-refractivity contribution in [3.8, 4) is 29.0 Å². The van der Waals surface area contributed by atoms with Gasteiger partial charge in [-0.3, -0.25) is 0 Å². The number of nitriles is 2. The number of fused-ring (bicyclic) bond motifs is 3. The Bertz CT molecular complexity index is 2320. The van der Waals surface area contributed by atoms with Gasteiger partial charge in [-0.25, -0.2) is 0 Å². The molecule has 0 radical (unpaired) electrons. The van der Waals surface area contributed by atoms with Crippen LogP contribution in [-0.2, 0) is 0 Å². The molecule has 0 saturated heterocycles. The number of hydrogen-bond donors (Lipinski definition) is 0. The molecule has 0 aliphatic heterocycles. The normalized spacial score (nSPS) is 11.6. The molecule has 3 nitrogen and oxygen atoms in total. The van der Waals surface area contributed by atoms with Gasteiger partial charge in [0.05, 0.1) is 0 Å². The molecule has 48 heavy (non-hydrogen) atoms. The maximum atomic E-state index is 10.8. The number of nitrogens with zero attached hydrogens (tertiary/aromatic N) is 3. The van der Waals surface area contributed by atoms with Crippen LogP contribution in [0.5, 0.6) is 0 Å². The Morgan fingerprint density at radius 3 is 1.23 bits per heavy atom. The van der Waals surface area contributed by atoms with Crippen molar-refractivity contribution in [1.82, 2.24) is 4.57 Å². The molecular weight excluding hydrogens is 599 g/mol. The third-order valence-electron chi connectivity index (χ3n) is 9.79. The molecule has 8 aromatic rings. The van der Waals surface area contributed by atoms with E-state index in [-0.39, 0.29) is 0 Å². The van der Waals surface area contributed by atoms with E-state index in [9.17, 15) is 10.5 Å². The minimum absolute atomic E-state index is 0.539. The molecule has 4 heteroatoms. The van der Waals surface area contributed by atoms with E-state index in [2.05, 4.69) is 162 Å². The molecule has 7 aromatic carbocycles. The van der Waals surface area contributed by atoms with Crippen LogP contribution in [0.15, 0.2) is 176 Å². The van der Waals surface area contributed by atoms with Gasteiger partial charge in [-0.1, -0.05) is 12.1 Å². The number of benzene rings is 7. The quantitative estimate of drug-likeness (QED) is 0.143. The predicted molar refractivity (Wildman–Crippen MR) is 201 cm³/mol. The van der Waals surface area contributed by atoms with E-state index >= 15 is 0 Å². The standard InChI is InChI=1S/C44H30N3Si/c45-30-34-28-33(32-24-26-36(27-25-32)47-42-22-12-10-20-40(42)41-21-11-13-23-43(41)47)29-35(31-46)44(34)48(37-14-4-1-5-15-37,38-16-6-2-7-17-38)39-18-8-3-9-19-39/h1-29,48H/q-1. The topological polar surface area (TPSA) is 52.5 Å². The van der Waals surface area contributed by atoms with E-state index in [1.165, 1.54) is 10.8 Å². The second-order valence-electron chi connectivity index (χ2n) is 12.2. The van der Waals surface area contributed by atoms with E-state index in [4.69, 9.17) is 0 Å². The predicted octanol–water partition coefficient (Wildman–Crippen LogP) is 7.30. The van der Waals surface area contributed by atoms with Crippen molar-refractivity contribution < 1.29 is 0 Å². The molecular formula is C44H30N3Si-. The van der Waals surface area contributed by atoms with Crippen molar-refractivity contribution in [2.24, 2.45) is 0 Å². The van der Waals surface area contributed by atoms with Gasteiger partial charge >= 0.3 is 270 Å². The average Bonchev–Trinajstić information content (AvgIpc) is 3.51. The van der Waals surface area contributed by atoms with Gasteiger partial charge in [0.2, 0.25) is 0 Å². The number of rotatable bonds is 6. The van der Waals surface area contributed by atoms with Crippen molar-refractivity contribution in [1.29, 1.82) is 10.5 Å². The van der Waals surface area contributed by atoms with Crippen LogP contribution in [0.1, 0.15) is 11.1 Å². The first-order valence-corrected chi connectivity index (χ1v) is 18.4. The van der Waals surface area contributed by atoms with E-state index < -0.39 is 8.07 Å². The molecule has 0 spiro atoms. The van der Waals surface area contributed by atoms with Gasteiger partial charge < -0.3 is 0 Å². The van der Waals surface area contributed by atoms with Gasteiger partial charge in [0.1, 0.15) is 0 Å². The second-order valence-corrected chi connectivity index (χ2v) is 16.5. The molecule has 8 rings (SSSR count). The van der Waals surface area contributed by atoms with Crippen LogP contribution in [0.3, 0.4) is 0 Å². The summed E-state index contributed by atoms with van der Waals surface area (Å²) in [5.41, 5.74) is 6.24. The van der Waals surface area contributed by atoms with Gasteiger partial charge in [0.15, 0.2) is 0 Å². The molecule has 0 saturated carbocycles. The number of hydrogen-bond acceptors (Lipinski definition) is 2. The van der Waals surface area contributed by atoms with Crippen LogP contribution in [0, 0.1) is 22.7 Å². The molecule has 0 amide bonds. The van der Waals surface area contributed by atoms with Gasteiger partial charge in [-0.05, 0) is 0 Å². The van der Waals surface area contributed by atoms with Crippen molar-refractivity contribution in [2.75, 3.05) is 0 Å². The fraction of sp³-hybridized carbons (Fsp3) is 0. The van der Waals surface area contributed by atoms with Crippen molar-refractivity contribution >= 4 is 50.6 Å². The zero-order valence-electron chi connectivity index (χ0n) is 26.2. The second kappa shape index (κ2) is 12.0. The molecule has 0 bridgehead atoms. The summed E-state index contributed by atoms with van der Waals surface area (Å²) in [5, 5.41) is 28.4. The first kappa shape index (κ1) is 29.0. The Hall–Kier alpha value is -6.46.